The van der Waals surface area contributed by atoms with Crippen LogP contribution in [0.3, 0.4) is 0 Å². The first-order valence-corrected chi connectivity index (χ1v) is 5.88. The van der Waals surface area contributed by atoms with Crippen molar-refractivity contribution in [1.82, 2.24) is 0 Å². The fourth-order valence-corrected chi connectivity index (χ4v) is 1.87. The molecule has 0 atom stereocenters. The van der Waals surface area contributed by atoms with E-state index in [1.54, 1.807) is 20.1 Å². The van der Waals surface area contributed by atoms with Crippen molar-refractivity contribution in [3.8, 4) is 5.75 Å². The van der Waals surface area contributed by atoms with E-state index in [4.69, 9.17) is 15.2 Å². The number of rotatable bonds is 5. The van der Waals surface area contributed by atoms with E-state index in [0.29, 0.717) is 18.0 Å². The van der Waals surface area contributed by atoms with E-state index in [2.05, 4.69) is 0 Å². The Balaban J connectivity index is 2.57. The first kappa shape index (κ1) is 12.7. The van der Waals surface area contributed by atoms with Gasteiger partial charge in [0, 0.05) is 16.6 Å². The number of thioether (sulfide) groups is 1. The molecule has 16 heavy (non-hydrogen) atoms. The van der Waals surface area contributed by atoms with Crippen molar-refractivity contribution in [3.63, 3.8) is 0 Å². The molecule has 0 saturated carbocycles. The number of hydrogen-bond donors (Lipinski definition) is 1. The molecule has 0 saturated heterocycles. The third-order valence-corrected chi connectivity index (χ3v) is 2.93. The van der Waals surface area contributed by atoms with Crippen LogP contribution in [-0.2, 0) is 9.53 Å². The molecule has 0 unspecified atom stereocenters. The van der Waals surface area contributed by atoms with Crippen molar-refractivity contribution < 1.29 is 14.3 Å². The molecule has 2 N–H and O–H groups in total. The first-order valence-electron chi connectivity index (χ1n) is 4.89. The van der Waals surface area contributed by atoms with Crippen molar-refractivity contribution in [2.24, 2.45) is 0 Å². The van der Waals surface area contributed by atoms with Crippen LogP contribution >= 0.6 is 11.8 Å². The second-order valence-corrected chi connectivity index (χ2v) is 4.01. The summed E-state index contributed by atoms with van der Waals surface area (Å²) in [6.45, 7) is 2.18. The van der Waals surface area contributed by atoms with Crippen LogP contribution < -0.4 is 10.5 Å². The van der Waals surface area contributed by atoms with Gasteiger partial charge in [-0.1, -0.05) is 0 Å². The molecule has 0 radical (unpaired) electrons. The second kappa shape index (κ2) is 6.27. The van der Waals surface area contributed by atoms with Gasteiger partial charge in [0.05, 0.1) is 19.5 Å². The van der Waals surface area contributed by atoms with Crippen LogP contribution in [-0.4, -0.2) is 25.4 Å². The smallest absolute Gasteiger partial charge is 0.316 e. The number of methoxy groups -OCH3 is 1. The van der Waals surface area contributed by atoms with E-state index >= 15 is 0 Å². The van der Waals surface area contributed by atoms with Crippen LogP contribution in [0.2, 0.25) is 0 Å². The molecule has 1 rings (SSSR count). The molecule has 0 fully saturated rings. The summed E-state index contributed by atoms with van der Waals surface area (Å²) in [5.74, 6) is 0.741. The highest BCUT2D eigenvalue weighted by atomic mass is 32.2. The molecule has 0 aliphatic rings. The zero-order chi connectivity index (χ0) is 12.0. The van der Waals surface area contributed by atoms with Gasteiger partial charge in [0.2, 0.25) is 0 Å². The number of anilines is 1. The van der Waals surface area contributed by atoms with E-state index in [-0.39, 0.29) is 11.7 Å². The summed E-state index contributed by atoms with van der Waals surface area (Å²) in [7, 11) is 1.58. The van der Waals surface area contributed by atoms with Gasteiger partial charge in [0.1, 0.15) is 5.75 Å². The molecule has 5 heteroatoms. The van der Waals surface area contributed by atoms with Crippen molar-refractivity contribution in [2.45, 2.75) is 11.8 Å². The van der Waals surface area contributed by atoms with Gasteiger partial charge in [-0.3, -0.25) is 4.79 Å². The van der Waals surface area contributed by atoms with Crippen LogP contribution in [0.5, 0.6) is 5.75 Å². The number of ether oxygens (including phenoxy) is 2. The monoisotopic (exact) mass is 241 g/mol. The van der Waals surface area contributed by atoms with E-state index in [1.165, 1.54) is 11.8 Å². The quantitative estimate of drug-likeness (QED) is 0.485. The minimum absolute atomic E-state index is 0.234. The fourth-order valence-electron chi connectivity index (χ4n) is 1.12. The Bertz CT molecular complexity index is 368. The summed E-state index contributed by atoms with van der Waals surface area (Å²) >= 11 is 1.36. The molecule has 0 aliphatic heterocycles. The van der Waals surface area contributed by atoms with Crippen LogP contribution in [0.15, 0.2) is 23.1 Å². The third kappa shape index (κ3) is 3.66. The van der Waals surface area contributed by atoms with Crippen molar-refractivity contribution in [3.05, 3.63) is 18.2 Å². The fraction of sp³-hybridized carbons (Fsp3) is 0.364. The normalized spacial score (nSPS) is 9.88. The Labute approximate surface area is 99.1 Å². The molecule has 0 aromatic heterocycles. The Kier molecular flexibility index (Phi) is 4.98. The number of benzene rings is 1. The second-order valence-electron chi connectivity index (χ2n) is 3.00. The maximum Gasteiger partial charge on any atom is 0.316 e. The molecule has 0 heterocycles. The SMILES string of the molecule is CCOC(=O)CSc1ccc(OC)cc1N. The van der Waals surface area contributed by atoms with Gasteiger partial charge < -0.3 is 15.2 Å². The summed E-state index contributed by atoms with van der Waals surface area (Å²) in [5.41, 5.74) is 6.41. The Morgan fingerprint density at radius 2 is 2.25 bits per heavy atom. The number of hydrogen-bond acceptors (Lipinski definition) is 5. The van der Waals surface area contributed by atoms with Crippen molar-refractivity contribution >= 4 is 23.4 Å². The summed E-state index contributed by atoms with van der Waals surface area (Å²) in [6, 6.07) is 5.37. The third-order valence-electron chi connectivity index (χ3n) is 1.87. The number of esters is 1. The number of carbonyl (C=O) groups is 1. The number of nitrogen functional groups attached to an aromatic ring is 1. The standard InChI is InChI=1S/C11H15NO3S/c1-3-15-11(13)7-16-10-5-4-8(14-2)6-9(10)12/h4-6H,3,7,12H2,1-2H3. The Hall–Kier alpha value is -1.36. The summed E-state index contributed by atoms with van der Waals surface area (Å²) < 4.78 is 9.86. The highest BCUT2D eigenvalue weighted by Gasteiger charge is 2.06. The van der Waals surface area contributed by atoms with E-state index in [0.717, 1.165) is 4.90 Å². The zero-order valence-electron chi connectivity index (χ0n) is 9.36. The van der Waals surface area contributed by atoms with E-state index in [1.807, 2.05) is 12.1 Å². The van der Waals surface area contributed by atoms with Crippen molar-refractivity contribution in [1.29, 1.82) is 0 Å². The zero-order valence-corrected chi connectivity index (χ0v) is 10.2. The van der Waals surface area contributed by atoms with Gasteiger partial charge in [-0.05, 0) is 19.1 Å². The van der Waals surface area contributed by atoms with Crippen LogP contribution in [0.1, 0.15) is 6.92 Å². The van der Waals surface area contributed by atoms with Gasteiger partial charge in [0.15, 0.2) is 0 Å². The predicted molar refractivity (Wildman–Crippen MR) is 64.8 cm³/mol. The molecule has 1 aromatic carbocycles. The highest BCUT2D eigenvalue weighted by molar-refractivity contribution is 8.00. The topological polar surface area (TPSA) is 61.5 Å². The maximum atomic E-state index is 11.1. The summed E-state index contributed by atoms with van der Waals surface area (Å²) in [5, 5.41) is 0. The van der Waals surface area contributed by atoms with Crippen LogP contribution in [0.4, 0.5) is 5.69 Å². The molecule has 4 nitrogen and oxygen atoms in total. The average molecular weight is 241 g/mol. The first-order chi connectivity index (χ1) is 7.67. The van der Waals surface area contributed by atoms with E-state index in [9.17, 15) is 4.79 Å². The van der Waals surface area contributed by atoms with Crippen LogP contribution in [0.25, 0.3) is 0 Å². The number of carbonyl (C=O) groups excluding carboxylic acids is 1. The lowest BCUT2D eigenvalue weighted by Crippen LogP contribution is -2.06. The molecule has 0 bridgehead atoms. The summed E-state index contributed by atoms with van der Waals surface area (Å²) in [4.78, 5) is 12.0. The van der Waals surface area contributed by atoms with Gasteiger partial charge in [-0.15, -0.1) is 11.8 Å². The minimum Gasteiger partial charge on any atom is -0.497 e. The Morgan fingerprint density at radius 1 is 1.50 bits per heavy atom. The highest BCUT2D eigenvalue weighted by Crippen LogP contribution is 2.28. The van der Waals surface area contributed by atoms with Gasteiger partial charge in [-0.2, -0.15) is 0 Å². The van der Waals surface area contributed by atoms with Gasteiger partial charge in [0.25, 0.3) is 0 Å². The molecule has 0 aliphatic carbocycles. The lowest BCUT2D eigenvalue weighted by molar-refractivity contribution is -0.139. The van der Waals surface area contributed by atoms with Gasteiger partial charge in [-0.25, -0.2) is 0 Å². The largest absolute Gasteiger partial charge is 0.497 e. The Morgan fingerprint density at radius 3 is 2.81 bits per heavy atom. The van der Waals surface area contributed by atoms with Gasteiger partial charge >= 0.3 is 5.97 Å². The van der Waals surface area contributed by atoms with Crippen LogP contribution in [0, 0.1) is 0 Å². The van der Waals surface area contributed by atoms with Crippen molar-refractivity contribution in [2.75, 3.05) is 25.2 Å². The molecule has 0 spiro atoms. The lowest BCUT2D eigenvalue weighted by atomic mass is 10.3. The average Bonchev–Trinajstić information content (AvgIpc) is 2.27. The maximum absolute atomic E-state index is 11.1. The summed E-state index contributed by atoms with van der Waals surface area (Å²) in [6.07, 6.45) is 0. The minimum atomic E-state index is -0.234. The molecule has 88 valence electrons. The predicted octanol–water partition coefficient (Wildman–Crippen LogP) is 1.93. The van der Waals surface area contributed by atoms with E-state index < -0.39 is 0 Å². The molecular formula is C11H15NO3S. The molecular weight excluding hydrogens is 226 g/mol. The number of nitrogens with two attached hydrogens (primary N) is 1. The lowest BCUT2D eigenvalue weighted by Gasteiger charge is -2.07. The molecule has 0 amide bonds. The molecule has 1 aromatic rings.